The first kappa shape index (κ1) is 24.0. The molecule has 1 saturated heterocycles. The van der Waals surface area contributed by atoms with Crippen molar-refractivity contribution in [2.24, 2.45) is 4.99 Å². The van der Waals surface area contributed by atoms with Gasteiger partial charge in [0.25, 0.3) is 5.91 Å². The molecule has 0 radical (unpaired) electrons. The van der Waals surface area contributed by atoms with Gasteiger partial charge in [0, 0.05) is 29.4 Å². The summed E-state index contributed by atoms with van der Waals surface area (Å²) >= 11 is 13.6. The second kappa shape index (κ2) is 9.24. The third-order valence-electron chi connectivity index (χ3n) is 6.14. The van der Waals surface area contributed by atoms with Crippen LogP contribution in [0.25, 0.3) is 6.08 Å². The second-order valence-corrected chi connectivity index (χ2v) is 10.7. The zero-order chi connectivity index (χ0) is 23.9. The maximum Gasteiger partial charge on any atom is 0.264 e. The Morgan fingerprint density at radius 1 is 1.33 bits per heavy atom. The Balaban J connectivity index is 1.71. The highest BCUT2D eigenvalue weighted by Gasteiger charge is 2.36. The van der Waals surface area contributed by atoms with Crippen molar-refractivity contribution in [2.45, 2.75) is 45.6 Å². The number of rotatable bonds is 4. The number of benzene rings is 2. The molecule has 2 aromatic carbocycles. The number of amidine groups is 1. The third kappa shape index (κ3) is 4.61. The van der Waals surface area contributed by atoms with E-state index in [2.05, 4.69) is 55.0 Å². The number of nitrogens with one attached hydrogen (secondary N) is 1. The molecule has 8 heteroatoms. The largest absolute Gasteiger partial charge is 0.496 e. The van der Waals surface area contributed by atoms with Crippen LogP contribution >= 0.6 is 35.0 Å². The predicted octanol–water partition coefficient (Wildman–Crippen LogP) is 7.01. The highest BCUT2D eigenvalue weighted by atomic mass is 35.5. The van der Waals surface area contributed by atoms with Gasteiger partial charge >= 0.3 is 0 Å². The van der Waals surface area contributed by atoms with Crippen LogP contribution in [0.15, 0.2) is 40.2 Å². The quantitative estimate of drug-likeness (QED) is 0.456. The van der Waals surface area contributed by atoms with E-state index in [9.17, 15) is 4.79 Å². The van der Waals surface area contributed by atoms with Gasteiger partial charge in [0.1, 0.15) is 5.75 Å². The van der Waals surface area contributed by atoms with Crippen molar-refractivity contribution in [3.05, 3.63) is 56.4 Å². The molecule has 4 rings (SSSR count). The van der Waals surface area contributed by atoms with E-state index in [1.807, 2.05) is 6.08 Å². The van der Waals surface area contributed by atoms with Crippen LogP contribution in [0.3, 0.4) is 0 Å². The summed E-state index contributed by atoms with van der Waals surface area (Å²) < 4.78 is 5.73. The molecule has 2 heterocycles. The Morgan fingerprint density at radius 3 is 2.79 bits per heavy atom. The van der Waals surface area contributed by atoms with Crippen LogP contribution in [0.5, 0.6) is 5.75 Å². The van der Waals surface area contributed by atoms with Gasteiger partial charge in [0.15, 0.2) is 5.17 Å². The summed E-state index contributed by atoms with van der Waals surface area (Å²) in [6.45, 7) is 9.92. The number of methoxy groups -OCH3 is 1. The molecule has 174 valence electrons. The molecule has 0 spiro atoms. The summed E-state index contributed by atoms with van der Waals surface area (Å²) in [6, 6.07) is 9.47. The van der Waals surface area contributed by atoms with E-state index in [1.54, 1.807) is 25.3 Å². The molecule has 1 amide bonds. The maximum atomic E-state index is 12.7. The van der Waals surface area contributed by atoms with Crippen molar-refractivity contribution in [3.8, 4) is 5.75 Å². The number of thioether (sulfide) groups is 1. The lowest BCUT2D eigenvalue weighted by molar-refractivity contribution is -0.115. The Bertz CT molecular complexity index is 1180. The molecule has 0 saturated carbocycles. The van der Waals surface area contributed by atoms with E-state index in [4.69, 9.17) is 27.9 Å². The first-order valence-corrected chi connectivity index (χ1v) is 12.4. The molecular formula is C25H27Cl2N3O2S. The molecular weight excluding hydrogens is 477 g/mol. The fourth-order valence-electron chi connectivity index (χ4n) is 4.73. The monoisotopic (exact) mass is 503 g/mol. The van der Waals surface area contributed by atoms with Gasteiger partial charge in [-0.05, 0) is 74.7 Å². The molecule has 2 aliphatic heterocycles. The number of hydrogen-bond donors (Lipinski definition) is 1. The van der Waals surface area contributed by atoms with Gasteiger partial charge in [0.2, 0.25) is 0 Å². The van der Waals surface area contributed by atoms with Gasteiger partial charge in [-0.2, -0.15) is 0 Å². The van der Waals surface area contributed by atoms with Gasteiger partial charge in [-0.25, -0.2) is 4.99 Å². The highest BCUT2D eigenvalue weighted by molar-refractivity contribution is 8.18. The summed E-state index contributed by atoms with van der Waals surface area (Å²) in [6.07, 6.45) is 2.92. The third-order valence-corrected chi connectivity index (χ3v) is 7.86. The lowest BCUT2D eigenvalue weighted by Crippen LogP contribution is -2.48. The van der Waals surface area contributed by atoms with Crippen LogP contribution in [-0.4, -0.2) is 30.3 Å². The Labute approximate surface area is 209 Å². The van der Waals surface area contributed by atoms with Crippen LogP contribution in [0, 0.1) is 0 Å². The van der Waals surface area contributed by atoms with Crippen molar-refractivity contribution in [1.29, 1.82) is 0 Å². The number of halogens is 2. The standard InChI is InChI=1S/C25H27Cl2N3O2S/c1-6-30-19-12-20(32-5)15(10-16(19)14(2)13-25(30,3)4)11-21-23(31)29-24(33-21)28-18-9-7-8-17(26)22(18)27/h7-12,14H,6,13H2,1-5H3,(H,28,29,31)/b21-11+. The number of nitrogens with zero attached hydrogens (tertiary/aromatic N) is 2. The lowest BCUT2D eigenvalue weighted by atomic mass is 9.79. The molecule has 0 bridgehead atoms. The van der Waals surface area contributed by atoms with Crippen molar-refractivity contribution < 1.29 is 9.53 Å². The zero-order valence-corrected chi connectivity index (χ0v) is 21.7. The SMILES string of the molecule is CCN1c2cc(OC)c(/C=C3/SC(=Nc4cccc(Cl)c4Cl)NC3=O)cc2C(C)CC1(C)C. The van der Waals surface area contributed by atoms with Crippen LogP contribution in [0.4, 0.5) is 11.4 Å². The van der Waals surface area contributed by atoms with E-state index in [0.717, 1.165) is 24.3 Å². The van der Waals surface area contributed by atoms with Gasteiger partial charge in [-0.15, -0.1) is 0 Å². The molecule has 1 N–H and O–H groups in total. The van der Waals surface area contributed by atoms with E-state index in [0.29, 0.717) is 31.7 Å². The number of carbonyl (C=O) groups excluding carboxylic acids is 1. The number of carbonyl (C=O) groups is 1. The zero-order valence-electron chi connectivity index (χ0n) is 19.3. The van der Waals surface area contributed by atoms with Crippen LogP contribution in [0.1, 0.15) is 51.2 Å². The summed E-state index contributed by atoms with van der Waals surface area (Å²) in [5.74, 6) is 0.926. The number of hydrogen-bond acceptors (Lipinski definition) is 5. The molecule has 2 aliphatic rings. The molecule has 2 aromatic rings. The first-order chi connectivity index (χ1) is 15.6. The van der Waals surface area contributed by atoms with Crippen LogP contribution in [-0.2, 0) is 4.79 Å². The minimum atomic E-state index is -0.207. The minimum Gasteiger partial charge on any atom is -0.496 e. The van der Waals surface area contributed by atoms with E-state index in [-0.39, 0.29) is 11.4 Å². The average molecular weight is 504 g/mol. The summed E-state index contributed by atoms with van der Waals surface area (Å²) in [4.78, 5) is 20.1. The molecule has 1 fully saturated rings. The van der Waals surface area contributed by atoms with Crippen LogP contribution in [0.2, 0.25) is 10.0 Å². The predicted molar refractivity (Wildman–Crippen MR) is 140 cm³/mol. The van der Waals surface area contributed by atoms with E-state index >= 15 is 0 Å². The van der Waals surface area contributed by atoms with Crippen molar-refractivity contribution in [1.82, 2.24) is 5.32 Å². The Hall–Kier alpha value is -2.15. The molecule has 1 atom stereocenters. The molecule has 5 nitrogen and oxygen atoms in total. The fraction of sp³-hybridized carbons (Fsp3) is 0.360. The highest BCUT2D eigenvalue weighted by Crippen LogP contribution is 2.46. The van der Waals surface area contributed by atoms with Crippen molar-refractivity contribution in [3.63, 3.8) is 0 Å². The molecule has 0 aromatic heterocycles. The van der Waals surface area contributed by atoms with E-state index < -0.39 is 0 Å². The summed E-state index contributed by atoms with van der Waals surface area (Å²) in [5, 5.41) is 4.04. The molecule has 33 heavy (non-hydrogen) atoms. The topological polar surface area (TPSA) is 53.9 Å². The number of aliphatic imine (C=N–C) groups is 1. The molecule has 1 unspecified atom stereocenters. The van der Waals surface area contributed by atoms with Gasteiger partial charge in [0.05, 0.1) is 27.7 Å². The van der Waals surface area contributed by atoms with Crippen LogP contribution < -0.4 is 15.0 Å². The first-order valence-electron chi connectivity index (χ1n) is 10.9. The Kier molecular flexibility index (Phi) is 6.72. The lowest BCUT2D eigenvalue weighted by Gasteiger charge is -2.47. The minimum absolute atomic E-state index is 0.0698. The molecule has 0 aliphatic carbocycles. The van der Waals surface area contributed by atoms with Crippen molar-refractivity contribution >= 4 is 63.5 Å². The van der Waals surface area contributed by atoms with Crippen molar-refractivity contribution in [2.75, 3.05) is 18.6 Å². The maximum absolute atomic E-state index is 12.7. The van der Waals surface area contributed by atoms with E-state index in [1.165, 1.54) is 23.0 Å². The second-order valence-electron chi connectivity index (χ2n) is 8.87. The number of anilines is 1. The number of ether oxygens (including phenoxy) is 1. The summed E-state index contributed by atoms with van der Waals surface area (Å²) in [5.41, 5.74) is 3.92. The van der Waals surface area contributed by atoms with Gasteiger partial charge < -0.3 is 15.0 Å². The van der Waals surface area contributed by atoms with Gasteiger partial charge in [-0.3, -0.25) is 4.79 Å². The number of fused-ring (bicyclic) bond motifs is 1. The Morgan fingerprint density at radius 2 is 2.09 bits per heavy atom. The smallest absolute Gasteiger partial charge is 0.264 e. The fourth-order valence-corrected chi connectivity index (χ4v) is 5.89. The average Bonchev–Trinajstić information content (AvgIpc) is 3.09. The normalized spacial score (nSPS) is 22.0. The summed E-state index contributed by atoms with van der Waals surface area (Å²) in [7, 11) is 1.66. The number of amides is 1. The van der Waals surface area contributed by atoms with Gasteiger partial charge in [-0.1, -0.05) is 36.2 Å².